The fraction of sp³-hybridized carbons (Fsp3) is 0.500. The van der Waals surface area contributed by atoms with E-state index < -0.39 is 23.8 Å². The van der Waals surface area contributed by atoms with Gasteiger partial charge in [-0.2, -0.15) is 5.10 Å². The average Bonchev–Trinajstić information content (AvgIpc) is 2.74. The number of carbonyl (C=O) groups excluding carboxylic acids is 2. The molecule has 0 saturated carbocycles. The van der Waals surface area contributed by atoms with Gasteiger partial charge in [-0.3, -0.25) is 14.3 Å². The minimum atomic E-state index is -1.21. The van der Waals surface area contributed by atoms with Crippen molar-refractivity contribution in [2.24, 2.45) is 5.73 Å². The molecule has 0 saturated heterocycles. The lowest BCUT2D eigenvalue weighted by Crippen LogP contribution is -2.42. The number of amides is 2. The van der Waals surface area contributed by atoms with E-state index in [1.807, 2.05) is 6.92 Å². The normalized spacial score (nSPS) is 11.9. The lowest BCUT2D eigenvalue weighted by atomic mass is 10.1. The number of nitrogens with one attached hydrogen (secondary N) is 1. The number of carboxylic acids is 1. The molecule has 2 amide bonds. The molecular weight excluding hydrogens is 264 g/mol. The van der Waals surface area contributed by atoms with Crippen LogP contribution in [0.4, 0.5) is 0 Å². The van der Waals surface area contributed by atoms with E-state index in [0.717, 1.165) is 0 Å². The number of primary amides is 1. The smallest absolute Gasteiger partial charge is 0.326 e. The first-order valence-corrected chi connectivity index (χ1v) is 6.21. The molecule has 0 aliphatic rings. The first kappa shape index (κ1) is 15.7. The van der Waals surface area contributed by atoms with Gasteiger partial charge >= 0.3 is 5.97 Å². The first-order valence-electron chi connectivity index (χ1n) is 6.21. The van der Waals surface area contributed by atoms with E-state index in [0.29, 0.717) is 12.2 Å². The third-order valence-corrected chi connectivity index (χ3v) is 2.72. The first-order chi connectivity index (χ1) is 9.35. The summed E-state index contributed by atoms with van der Waals surface area (Å²) in [4.78, 5) is 33.8. The maximum Gasteiger partial charge on any atom is 0.326 e. The van der Waals surface area contributed by atoms with E-state index in [-0.39, 0.29) is 18.5 Å². The van der Waals surface area contributed by atoms with E-state index >= 15 is 0 Å². The van der Waals surface area contributed by atoms with E-state index in [1.54, 1.807) is 13.0 Å². The van der Waals surface area contributed by atoms with Gasteiger partial charge in [0.05, 0.1) is 5.69 Å². The van der Waals surface area contributed by atoms with E-state index in [4.69, 9.17) is 10.8 Å². The molecule has 1 rings (SSSR count). The molecule has 0 fully saturated rings. The van der Waals surface area contributed by atoms with Crippen molar-refractivity contribution in [2.45, 2.75) is 39.3 Å². The Morgan fingerprint density at radius 1 is 1.50 bits per heavy atom. The van der Waals surface area contributed by atoms with Crippen molar-refractivity contribution in [1.29, 1.82) is 0 Å². The molecule has 1 unspecified atom stereocenters. The highest BCUT2D eigenvalue weighted by Gasteiger charge is 2.23. The standard InChI is InChI=1S/C12H18N4O4/c1-3-16-9(6-7(2)15-16)11(18)14-8(12(19)20)4-5-10(13)17/h6,8H,3-5H2,1-2H3,(H2,13,17)(H,14,18)(H,19,20). The van der Waals surface area contributed by atoms with Crippen LogP contribution in [0.25, 0.3) is 0 Å². The lowest BCUT2D eigenvalue weighted by Gasteiger charge is -2.14. The highest BCUT2D eigenvalue weighted by molar-refractivity contribution is 5.95. The second-order valence-corrected chi connectivity index (χ2v) is 4.36. The minimum absolute atomic E-state index is 0.0460. The highest BCUT2D eigenvalue weighted by atomic mass is 16.4. The molecule has 8 heteroatoms. The topological polar surface area (TPSA) is 127 Å². The summed E-state index contributed by atoms with van der Waals surface area (Å²) in [6.07, 6.45) is -0.154. The number of carbonyl (C=O) groups is 3. The summed E-state index contributed by atoms with van der Waals surface area (Å²) >= 11 is 0. The summed E-state index contributed by atoms with van der Waals surface area (Å²) in [6, 6.07) is 0.418. The number of rotatable bonds is 7. The van der Waals surface area contributed by atoms with Crippen molar-refractivity contribution in [3.63, 3.8) is 0 Å². The molecule has 0 bridgehead atoms. The highest BCUT2D eigenvalue weighted by Crippen LogP contribution is 2.06. The van der Waals surface area contributed by atoms with Crippen LogP contribution in [0.5, 0.6) is 0 Å². The van der Waals surface area contributed by atoms with Gasteiger partial charge in [-0.25, -0.2) is 4.79 Å². The molecule has 1 atom stereocenters. The van der Waals surface area contributed by atoms with Crippen molar-refractivity contribution in [3.8, 4) is 0 Å². The van der Waals surface area contributed by atoms with E-state index in [2.05, 4.69) is 10.4 Å². The number of aromatic nitrogens is 2. The summed E-state index contributed by atoms with van der Waals surface area (Å²) < 4.78 is 1.48. The van der Waals surface area contributed by atoms with Gasteiger partial charge in [-0.1, -0.05) is 0 Å². The molecular formula is C12H18N4O4. The second kappa shape index (κ2) is 6.69. The second-order valence-electron chi connectivity index (χ2n) is 4.36. The van der Waals surface area contributed by atoms with Gasteiger partial charge in [0.15, 0.2) is 0 Å². The van der Waals surface area contributed by atoms with Gasteiger partial charge in [-0.15, -0.1) is 0 Å². The van der Waals surface area contributed by atoms with Gasteiger partial charge in [0.1, 0.15) is 11.7 Å². The lowest BCUT2D eigenvalue weighted by molar-refractivity contribution is -0.139. The number of carboxylic acid groups (broad SMARTS) is 1. The Morgan fingerprint density at radius 3 is 2.65 bits per heavy atom. The molecule has 1 aromatic heterocycles. The molecule has 8 nitrogen and oxygen atoms in total. The van der Waals surface area contributed by atoms with Crippen LogP contribution >= 0.6 is 0 Å². The number of nitrogens with two attached hydrogens (primary N) is 1. The van der Waals surface area contributed by atoms with Crippen molar-refractivity contribution in [1.82, 2.24) is 15.1 Å². The number of hydrogen-bond acceptors (Lipinski definition) is 4. The van der Waals surface area contributed by atoms with Gasteiger partial charge in [0.2, 0.25) is 5.91 Å². The van der Waals surface area contributed by atoms with Crippen molar-refractivity contribution < 1.29 is 19.5 Å². The Kier molecular flexibility index (Phi) is 5.24. The quantitative estimate of drug-likeness (QED) is 0.630. The van der Waals surface area contributed by atoms with Crippen molar-refractivity contribution in [3.05, 3.63) is 17.5 Å². The number of aryl methyl sites for hydroxylation is 2. The predicted molar refractivity (Wildman–Crippen MR) is 70.0 cm³/mol. The molecule has 110 valence electrons. The SMILES string of the molecule is CCn1nc(C)cc1C(=O)NC(CCC(N)=O)C(=O)O. The maximum atomic E-state index is 12.0. The summed E-state index contributed by atoms with van der Waals surface area (Å²) in [5.74, 6) is -2.36. The van der Waals surface area contributed by atoms with Gasteiger partial charge in [-0.05, 0) is 26.3 Å². The van der Waals surface area contributed by atoms with Crippen LogP contribution in [0.2, 0.25) is 0 Å². The van der Waals surface area contributed by atoms with Crippen LogP contribution < -0.4 is 11.1 Å². The van der Waals surface area contributed by atoms with Crippen LogP contribution in [0, 0.1) is 6.92 Å². The number of nitrogens with zero attached hydrogens (tertiary/aromatic N) is 2. The Bertz CT molecular complexity index is 524. The molecule has 0 aromatic carbocycles. The van der Waals surface area contributed by atoms with E-state index in [9.17, 15) is 14.4 Å². The number of aliphatic carboxylic acids is 1. The molecule has 1 heterocycles. The maximum absolute atomic E-state index is 12.0. The molecule has 1 aromatic rings. The zero-order valence-corrected chi connectivity index (χ0v) is 11.4. The average molecular weight is 282 g/mol. The molecule has 4 N–H and O–H groups in total. The zero-order valence-electron chi connectivity index (χ0n) is 11.4. The molecule has 0 aliphatic heterocycles. The third kappa shape index (κ3) is 4.08. The van der Waals surface area contributed by atoms with Gasteiger partial charge in [0.25, 0.3) is 5.91 Å². The largest absolute Gasteiger partial charge is 0.480 e. The molecule has 0 radical (unpaired) electrons. The van der Waals surface area contributed by atoms with Crippen LogP contribution in [0.1, 0.15) is 35.9 Å². The fourth-order valence-corrected chi connectivity index (χ4v) is 1.75. The molecule has 0 spiro atoms. The fourth-order valence-electron chi connectivity index (χ4n) is 1.75. The monoisotopic (exact) mass is 282 g/mol. The third-order valence-electron chi connectivity index (χ3n) is 2.72. The summed E-state index contributed by atoms with van der Waals surface area (Å²) in [7, 11) is 0. The number of hydrogen-bond donors (Lipinski definition) is 3. The van der Waals surface area contributed by atoms with Crippen molar-refractivity contribution in [2.75, 3.05) is 0 Å². The minimum Gasteiger partial charge on any atom is -0.480 e. The van der Waals surface area contributed by atoms with Gasteiger partial charge in [0, 0.05) is 13.0 Å². The Morgan fingerprint density at radius 2 is 2.15 bits per heavy atom. The predicted octanol–water partition coefficient (Wildman–Crippen LogP) is -0.340. The molecule has 20 heavy (non-hydrogen) atoms. The summed E-state index contributed by atoms with van der Waals surface area (Å²) in [6.45, 7) is 4.06. The Balaban J connectivity index is 2.79. The zero-order chi connectivity index (χ0) is 15.3. The Labute approximate surface area is 115 Å². The molecule has 0 aliphatic carbocycles. The van der Waals surface area contributed by atoms with Crippen LogP contribution in [0.3, 0.4) is 0 Å². The summed E-state index contributed by atoms with van der Waals surface area (Å²) in [5.41, 5.74) is 5.93. The van der Waals surface area contributed by atoms with E-state index in [1.165, 1.54) is 4.68 Å². The Hall–Kier alpha value is -2.38. The van der Waals surface area contributed by atoms with Crippen LogP contribution in [0.15, 0.2) is 6.07 Å². The van der Waals surface area contributed by atoms with Crippen molar-refractivity contribution >= 4 is 17.8 Å². The van der Waals surface area contributed by atoms with Gasteiger partial charge < -0.3 is 16.2 Å². The summed E-state index contributed by atoms with van der Waals surface area (Å²) in [5, 5.41) is 15.5. The van der Waals surface area contributed by atoms with Crippen LogP contribution in [-0.2, 0) is 16.1 Å². The van der Waals surface area contributed by atoms with Crippen LogP contribution in [-0.4, -0.2) is 38.7 Å².